The summed E-state index contributed by atoms with van der Waals surface area (Å²) < 4.78 is 5.28. The first-order chi connectivity index (χ1) is 11.6. The van der Waals surface area contributed by atoms with Gasteiger partial charge in [-0.2, -0.15) is 0 Å². The smallest absolute Gasteiger partial charge is 0.316 e. The molecule has 0 saturated heterocycles. The lowest BCUT2D eigenvalue weighted by molar-refractivity contribution is -0.120. The summed E-state index contributed by atoms with van der Waals surface area (Å²) in [6.45, 7) is 2.04. The zero-order valence-corrected chi connectivity index (χ0v) is 13.8. The van der Waals surface area contributed by atoms with Gasteiger partial charge < -0.3 is 36.7 Å². The van der Waals surface area contributed by atoms with Gasteiger partial charge in [-0.1, -0.05) is 0 Å². The molecule has 12 nitrogen and oxygen atoms in total. The van der Waals surface area contributed by atoms with Crippen LogP contribution in [0.3, 0.4) is 0 Å². The van der Waals surface area contributed by atoms with Gasteiger partial charge in [0.1, 0.15) is 18.1 Å². The molecule has 12 heteroatoms. The predicted octanol–water partition coefficient (Wildman–Crippen LogP) is -2.38. The largest absolute Gasteiger partial charge is 0.421 e. The van der Waals surface area contributed by atoms with E-state index in [4.69, 9.17) is 21.0 Å². The molecule has 1 rings (SSSR count). The fraction of sp³-hybridized carbons (Fsp3) is 0.615. The molecular formula is C13H22N6O6. The van der Waals surface area contributed by atoms with Crippen molar-refractivity contribution in [3.05, 3.63) is 11.8 Å². The number of nitrogens with zero attached hydrogens (tertiary/aromatic N) is 2. The van der Waals surface area contributed by atoms with Crippen molar-refractivity contribution in [2.24, 2.45) is 11.5 Å². The second-order valence-electron chi connectivity index (χ2n) is 5.43. The van der Waals surface area contributed by atoms with Gasteiger partial charge in [0.05, 0.1) is 19.1 Å². The summed E-state index contributed by atoms with van der Waals surface area (Å²) in [4.78, 5) is 34.4. The van der Waals surface area contributed by atoms with E-state index in [1.807, 2.05) is 0 Å². The lowest BCUT2D eigenvalue weighted by atomic mass is 10.2. The number of hydrogen-bond acceptors (Lipinski definition) is 9. The van der Waals surface area contributed by atoms with Gasteiger partial charge in [-0.15, -0.1) is 10.2 Å². The minimum Gasteiger partial charge on any atom is -0.421 e. The fourth-order valence-electron chi connectivity index (χ4n) is 1.76. The van der Waals surface area contributed by atoms with Crippen LogP contribution in [-0.2, 0) is 9.59 Å². The van der Waals surface area contributed by atoms with Crippen LogP contribution < -0.4 is 22.1 Å². The molecule has 0 aromatic carbocycles. The van der Waals surface area contributed by atoms with Crippen LogP contribution in [0.4, 0.5) is 4.79 Å². The Kier molecular flexibility index (Phi) is 7.42. The van der Waals surface area contributed by atoms with Crippen molar-refractivity contribution in [3.8, 4) is 0 Å². The molecule has 1 aromatic rings. The number of urea groups is 1. The van der Waals surface area contributed by atoms with E-state index in [1.54, 1.807) is 0 Å². The second-order valence-corrected chi connectivity index (χ2v) is 5.43. The van der Waals surface area contributed by atoms with E-state index in [1.165, 1.54) is 13.8 Å². The average Bonchev–Trinajstić information content (AvgIpc) is 3.00. The van der Waals surface area contributed by atoms with Crippen LogP contribution >= 0.6 is 0 Å². The number of carbonyl (C=O) groups is 3. The minimum absolute atomic E-state index is 0.0846. The topological polar surface area (TPSA) is 207 Å². The highest BCUT2D eigenvalue weighted by Crippen LogP contribution is 2.19. The van der Waals surface area contributed by atoms with Crippen LogP contribution in [0.2, 0.25) is 0 Å². The van der Waals surface area contributed by atoms with Gasteiger partial charge in [-0.25, -0.2) is 4.79 Å². The first-order valence-electron chi connectivity index (χ1n) is 7.39. The monoisotopic (exact) mass is 358 g/mol. The number of nitrogens with one attached hydrogen (secondary N) is 2. The van der Waals surface area contributed by atoms with E-state index in [0.29, 0.717) is 0 Å². The van der Waals surface area contributed by atoms with Crippen molar-refractivity contribution in [2.75, 3.05) is 6.61 Å². The molecule has 1 unspecified atom stereocenters. The Morgan fingerprint density at radius 2 is 1.84 bits per heavy atom. The van der Waals surface area contributed by atoms with E-state index in [-0.39, 0.29) is 18.2 Å². The van der Waals surface area contributed by atoms with Crippen molar-refractivity contribution >= 4 is 17.7 Å². The first-order valence-corrected chi connectivity index (χ1v) is 7.39. The molecule has 25 heavy (non-hydrogen) atoms. The van der Waals surface area contributed by atoms with E-state index >= 15 is 0 Å². The van der Waals surface area contributed by atoms with Crippen LogP contribution in [-0.4, -0.2) is 56.9 Å². The van der Waals surface area contributed by atoms with Crippen molar-refractivity contribution in [2.45, 2.75) is 44.5 Å². The molecular weight excluding hydrogens is 336 g/mol. The van der Waals surface area contributed by atoms with Crippen molar-refractivity contribution in [3.63, 3.8) is 0 Å². The Morgan fingerprint density at radius 3 is 2.32 bits per heavy atom. The summed E-state index contributed by atoms with van der Waals surface area (Å²) in [6.07, 6.45) is -1.32. The number of amides is 3. The standard InChI is InChI=1S/C13H22N6O6/c1-5(21)8(4-20)17-13(24)16-7(3-9(14)23)11-18-19-12(25-11)10(15)6(2)22/h6-8,10,20,22H,3-4,15H2,1-2H3,(H2,14,23)(H2,16,17,24)/t6?,7-,8-,10-/m1/s1. The van der Waals surface area contributed by atoms with E-state index in [9.17, 15) is 19.5 Å². The van der Waals surface area contributed by atoms with Crippen LogP contribution in [0.25, 0.3) is 0 Å². The summed E-state index contributed by atoms with van der Waals surface area (Å²) >= 11 is 0. The third kappa shape index (κ3) is 6.10. The highest BCUT2D eigenvalue weighted by Gasteiger charge is 2.27. The number of rotatable bonds is 9. The maximum atomic E-state index is 11.9. The predicted molar refractivity (Wildman–Crippen MR) is 82.7 cm³/mol. The Bertz CT molecular complexity index is 618. The van der Waals surface area contributed by atoms with E-state index in [0.717, 1.165) is 0 Å². The van der Waals surface area contributed by atoms with Crippen molar-refractivity contribution in [1.29, 1.82) is 0 Å². The number of aliphatic hydroxyl groups excluding tert-OH is 2. The summed E-state index contributed by atoms with van der Waals surface area (Å²) in [6, 6.07) is -3.97. The van der Waals surface area contributed by atoms with Gasteiger partial charge in [-0.3, -0.25) is 9.59 Å². The number of aromatic nitrogens is 2. The third-order valence-electron chi connectivity index (χ3n) is 3.25. The van der Waals surface area contributed by atoms with Crippen LogP contribution in [0, 0.1) is 0 Å². The highest BCUT2D eigenvalue weighted by atomic mass is 16.4. The molecule has 0 aliphatic rings. The number of carbonyl (C=O) groups excluding carboxylic acids is 3. The van der Waals surface area contributed by atoms with Crippen molar-refractivity contribution < 1.29 is 29.0 Å². The summed E-state index contributed by atoms with van der Waals surface area (Å²) in [7, 11) is 0. The Hall–Kier alpha value is -2.57. The Labute approximate surface area is 143 Å². The van der Waals surface area contributed by atoms with Gasteiger partial charge >= 0.3 is 6.03 Å². The molecule has 140 valence electrons. The average molecular weight is 358 g/mol. The zero-order chi connectivity index (χ0) is 19.1. The highest BCUT2D eigenvalue weighted by molar-refractivity contribution is 5.87. The molecule has 0 spiro atoms. The second kappa shape index (κ2) is 9.05. The van der Waals surface area contributed by atoms with E-state index < -0.39 is 48.6 Å². The number of aliphatic hydroxyl groups is 2. The maximum absolute atomic E-state index is 11.9. The molecule has 4 atom stereocenters. The minimum atomic E-state index is -1.10. The third-order valence-corrected chi connectivity index (χ3v) is 3.25. The SMILES string of the molecule is CC(=O)[C@@H](CO)NC(=O)N[C@H](CC(N)=O)c1nnc([C@H](N)C(C)O)o1. The van der Waals surface area contributed by atoms with Gasteiger partial charge in [0.2, 0.25) is 17.7 Å². The molecule has 0 bridgehead atoms. The summed E-state index contributed by atoms with van der Waals surface area (Å²) in [5.74, 6) is -1.44. The fourth-order valence-corrected chi connectivity index (χ4v) is 1.76. The lowest BCUT2D eigenvalue weighted by Gasteiger charge is -2.17. The lowest BCUT2D eigenvalue weighted by Crippen LogP contribution is -2.48. The van der Waals surface area contributed by atoms with Gasteiger partial charge in [0.15, 0.2) is 5.78 Å². The Morgan fingerprint density at radius 1 is 1.24 bits per heavy atom. The molecule has 1 aromatic heterocycles. The Balaban J connectivity index is 2.89. The molecule has 0 aliphatic heterocycles. The molecule has 0 saturated carbocycles. The van der Waals surface area contributed by atoms with Gasteiger partial charge in [0, 0.05) is 0 Å². The van der Waals surface area contributed by atoms with E-state index in [2.05, 4.69) is 20.8 Å². The number of hydrogen-bond donors (Lipinski definition) is 6. The van der Waals surface area contributed by atoms with Crippen molar-refractivity contribution in [1.82, 2.24) is 20.8 Å². The molecule has 8 N–H and O–H groups in total. The van der Waals surface area contributed by atoms with Crippen LogP contribution in [0.15, 0.2) is 4.42 Å². The van der Waals surface area contributed by atoms with Crippen LogP contribution in [0.5, 0.6) is 0 Å². The summed E-state index contributed by atoms with van der Waals surface area (Å²) in [5, 5.41) is 30.4. The first kappa shape index (κ1) is 20.5. The molecule has 0 radical (unpaired) electrons. The van der Waals surface area contributed by atoms with Gasteiger partial charge in [0.25, 0.3) is 0 Å². The maximum Gasteiger partial charge on any atom is 0.316 e. The summed E-state index contributed by atoms with van der Waals surface area (Å²) in [5.41, 5.74) is 10.8. The number of Topliss-reactive ketones (excluding diaryl/α,β-unsaturated/α-hetero) is 1. The molecule has 0 fully saturated rings. The quantitative estimate of drug-likeness (QED) is 0.278. The van der Waals surface area contributed by atoms with Gasteiger partial charge in [-0.05, 0) is 13.8 Å². The molecule has 0 aliphatic carbocycles. The zero-order valence-electron chi connectivity index (χ0n) is 13.8. The molecule has 1 heterocycles. The number of ketones is 1. The van der Waals surface area contributed by atoms with Crippen LogP contribution in [0.1, 0.15) is 44.1 Å². The number of nitrogens with two attached hydrogens (primary N) is 2. The normalized spacial score (nSPS) is 15.7. The molecule has 3 amide bonds. The number of primary amides is 1.